The van der Waals surface area contributed by atoms with Crippen molar-refractivity contribution in [2.75, 3.05) is 14.2 Å². The Morgan fingerprint density at radius 1 is 1.00 bits per heavy atom. The Morgan fingerprint density at radius 3 is 1.88 bits per heavy atom. The number of halogens is 3. The number of carbonyl (C=O) groups excluding carboxylic acids is 2. The van der Waals surface area contributed by atoms with E-state index in [2.05, 4.69) is 11.6 Å². The number of hydrogen-bond acceptors (Lipinski definition) is 6. The Balaban J connectivity index is 2.76. The van der Waals surface area contributed by atoms with Gasteiger partial charge in [0, 0.05) is 16.4 Å². The molecule has 9 heteroatoms. The fourth-order valence-electron chi connectivity index (χ4n) is 2.03. The van der Waals surface area contributed by atoms with Gasteiger partial charge in [0.05, 0.1) is 43.9 Å². The Labute approximate surface area is 179 Å². The van der Waals surface area contributed by atoms with Crippen molar-refractivity contribution in [3.63, 3.8) is 0 Å². The number of allylic oxidation sites excluding steroid dienone is 1. The third-order valence-electron chi connectivity index (χ3n) is 3.19. The molecule has 0 unspecified atom stereocenters. The quantitative estimate of drug-likeness (QED) is 0.353. The van der Waals surface area contributed by atoms with E-state index in [1.54, 1.807) is 0 Å². The molecule has 0 aliphatic carbocycles. The van der Waals surface area contributed by atoms with E-state index < -0.39 is 11.9 Å². The van der Waals surface area contributed by atoms with Gasteiger partial charge < -0.3 is 14.2 Å². The van der Waals surface area contributed by atoms with E-state index in [-0.39, 0.29) is 11.1 Å². The molecule has 2 rings (SSSR count). The average molecular weight is 667 g/mol. The molecular formula is C15H12I3NO5. The van der Waals surface area contributed by atoms with Gasteiger partial charge in [-0.25, -0.2) is 14.6 Å². The molecule has 1 heterocycles. The normalized spacial score (nSPS) is 15.4. The van der Waals surface area contributed by atoms with Gasteiger partial charge in [-0.3, -0.25) is 0 Å². The van der Waals surface area contributed by atoms with E-state index in [0.29, 0.717) is 40.9 Å². The number of rotatable bonds is 3. The van der Waals surface area contributed by atoms with Crippen molar-refractivity contribution < 1.29 is 23.8 Å². The summed E-state index contributed by atoms with van der Waals surface area (Å²) in [5.74, 6) is 0.0708. The molecule has 1 fully saturated rings. The Bertz CT molecular complexity index is 730. The standard InChI is InChI=1S/C15H12I3NO5/c1-6-4-5-7(24-6)19-13-11(17)8(14(20)22-2)10(16)9(12(13)18)15(21)23-3/h1,4-5H2,2-3H3. The van der Waals surface area contributed by atoms with Crippen LogP contribution in [0.3, 0.4) is 0 Å². The number of hydrogen-bond donors (Lipinski definition) is 0. The Morgan fingerprint density at radius 2 is 1.50 bits per heavy atom. The topological polar surface area (TPSA) is 74.2 Å². The summed E-state index contributed by atoms with van der Waals surface area (Å²) in [5, 5.41) is 0. The van der Waals surface area contributed by atoms with Crippen molar-refractivity contribution in [3.8, 4) is 0 Å². The minimum atomic E-state index is -0.538. The molecule has 128 valence electrons. The van der Waals surface area contributed by atoms with Crippen LogP contribution < -0.4 is 0 Å². The molecule has 1 saturated heterocycles. The van der Waals surface area contributed by atoms with E-state index in [4.69, 9.17) is 14.2 Å². The first kappa shape index (κ1) is 19.9. The lowest BCUT2D eigenvalue weighted by molar-refractivity contribution is 0.0595. The lowest BCUT2D eigenvalue weighted by Gasteiger charge is -2.15. The summed E-state index contributed by atoms with van der Waals surface area (Å²) in [6.07, 6.45) is 1.32. The molecule has 1 aliphatic rings. The molecular weight excluding hydrogens is 655 g/mol. The van der Waals surface area contributed by atoms with Crippen molar-refractivity contribution in [1.29, 1.82) is 0 Å². The third-order valence-corrected chi connectivity index (χ3v) is 6.37. The van der Waals surface area contributed by atoms with Gasteiger partial charge in [0.15, 0.2) is 5.90 Å². The van der Waals surface area contributed by atoms with E-state index in [9.17, 15) is 9.59 Å². The molecule has 0 spiro atoms. The van der Waals surface area contributed by atoms with Crippen LogP contribution in [-0.2, 0) is 14.2 Å². The van der Waals surface area contributed by atoms with Gasteiger partial charge in [0.2, 0.25) is 0 Å². The second-order valence-electron chi connectivity index (χ2n) is 4.67. The summed E-state index contributed by atoms with van der Waals surface area (Å²) in [6, 6.07) is 0. The molecule has 0 atom stereocenters. The fraction of sp³-hybridized carbons (Fsp3) is 0.267. The second-order valence-corrected chi connectivity index (χ2v) is 7.91. The summed E-state index contributed by atoms with van der Waals surface area (Å²) in [7, 11) is 2.58. The van der Waals surface area contributed by atoms with Crippen LogP contribution >= 0.6 is 67.8 Å². The predicted octanol–water partition coefficient (Wildman–Crippen LogP) is 4.43. The zero-order valence-electron chi connectivity index (χ0n) is 12.7. The molecule has 0 amide bonds. The maximum absolute atomic E-state index is 12.2. The van der Waals surface area contributed by atoms with Crippen LogP contribution in [0.4, 0.5) is 5.69 Å². The summed E-state index contributed by atoms with van der Waals surface area (Å²) in [5.41, 5.74) is 1.06. The molecule has 6 nitrogen and oxygen atoms in total. The lowest BCUT2D eigenvalue weighted by atomic mass is 10.1. The minimum Gasteiger partial charge on any atom is -0.465 e. The molecule has 1 aromatic carbocycles. The number of carbonyl (C=O) groups is 2. The highest BCUT2D eigenvalue weighted by Gasteiger charge is 2.29. The van der Waals surface area contributed by atoms with Crippen LogP contribution in [0, 0.1) is 10.7 Å². The van der Waals surface area contributed by atoms with Crippen LogP contribution in [0.2, 0.25) is 0 Å². The number of nitrogens with zero attached hydrogens (tertiary/aromatic N) is 1. The first-order valence-electron chi connectivity index (χ1n) is 6.62. The summed E-state index contributed by atoms with van der Waals surface area (Å²) in [6.45, 7) is 3.77. The highest BCUT2D eigenvalue weighted by molar-refractivity contribution is 14.1. The number of aliphatic imine (C=N–C) groups is 1. The highest BCUT2D eigenvalue weighted by Crippen LogP contribution is 2.39. The van der Waals surface area contributed by atoms with Gasteiger partial charge in [-0.15, -0.1) is 0 Å². The molecule has 1 aromatic rings. The van der Waals surface area contributed by atoms with Gasteiger partial charge >= 0.3 is 11.9 Å². The molecule has 0 radical (unpaired) electrons. The second kappa shape index (κ2) is 8.29. The zero-order chi connectivity index (χ0) is 18.0. The molecule has 1 aliphatic heterocycles. The highest BCUT2D eigenvalue weighted by atomic mass is 127. The van der Waals surface area contributed by atoms with Crippen molar-refractivity contribution in [3.05, 3.63) is 34.2 Å². The molecule has 24 heavy (non-hydrogen) atoms. The van der Waals surface area contributed by atoms with Crippen molar-refractivity contribution in [1.82, 2.24) is 0 Å². The van der Waals surface area contributed by atoms with Crippen LogP contribution in [0.1, 0.15) is 33.6 Å². The van der Waals surface area contributed by atoms with Gasteiger partial charge in [0.1, 0.15) is 0 Å². The predicted molar refractivity (Wildman–Crippen MR) is 114 cm³/mol. The Hall–Kier alpha value is -0.440. The average Bonchev–Trinajstić information content (AvgIpc) is 2.96. The molecule has 0 saturated carbocycles. The first-order valence-corrected chi connectivity index (χ1v) is 9.85. The number of methoxy groups -OCH3 is 2. The van der Waals surface area contributed by atoms with Crippen LogP contribution in [0.15, 0.2) is 17.3 Å². The van der Waals surface area contributed by atoms with Crippen molar-refractivity contribution in [2.45, 2.75) is 12.8 Å². The van der Waals surface area contributed by atoms with E-state index in [1.165, 1.54) is 14.2 Å². The van der Waals surface area contributed by atoms with E-state index in [0.717, 1.165) is 0 Å². The minimum absolute atomic E-state index is 0.288. The van der Waals surface area contributed by atoms with Gasteiger partial charge in [0.25, 0.3) is 0 Å². The molecule has 0 N–H and O–H groups in total. The van der Waals surface area contributed by atoms with Gasteiger partial charge in [-0.05, 0) is 67.8 Å². The summed E-state index contributed by atoms with van der Waals surface area (Å²) < 4.78 is 16.8. The first-order chi connectivity index (χ1) is 11.3. The Kier molecular flexibility index (Phi) is 6.87. The van der Waals surface area contributed by atoms with Crippen LogP contribution in [0.5, 0.6) is 0 Å². The van der Waals surface area contributed by atoms with Gasteiger partial charge in [-0.1, -0.05) is 6.58 Å². The number of esters is 2. The van der Waals surface area contributed by atoms with Crippen LogP contribution in [-0.4, -0.2) is 32.1 Å². The number of benzene rings is 1. The number of ether oxygens (including phenoxy) is 3. The molecule has 0 aromatic heterocycles. The maximum atomic E-state index is 12.2. The van der Waals surface area contributed by atoms with Crippen LogP contribution in [0.25, 0.3) is 0 Å². The van der Waals surface area contributed by atoms with Crippen molar-refractivity contribution >= 4 is 91.3 Å². The molecule has 0 bridgehead atoms. The van der Waals surface area contributed by atoms with Crippen molar-refractivity contribution in [2.24, 2.45) is 4.99 Å². The largest absolute Gasteiger partial charge is 0.465 e. The summed E-state index contributed by atoms with van der Waals surface area (Å²) >= 11 is 6.00. The van der Waals surface area contributed by atoms with Gasteiger partial charge in [-0.2, -0.15) is 0 Å². The SMILES string of the molecule is C=C1CCC(=Nc2c(I)c(C(=O)OC)c(I)c(C(=O)OC)c2I)O1. The third kappa shape index (κ3) is 3.86. The maximum Gasteiger partial charge on any atom is 0.340 e. The smallest absolute Gasteiger partial charge is 0.340 e. The fourth-order valence-corrected chi connectivity index (χ4v) is 6.32. The van der Waals surface area contributed by atoms with E-state index >= 15 is 0 Å². The lowest BCUT2D eigenvalue weighted by Crippen LogP contribution is -2.15. The monoisotopic (exact) mass is 667 g/mol. The summed E-state index contributed by atoms with van der Waals surface area (Å²) in [4.78, 5) is 28.9. The zero-order valence-corrected chi connectivity index (χ0v) is 19.2. The van der Waals surface area contributed by atoms with E-state index in [1.807, 2.05) is 67.8 Å².